The molecule has 17 heavy (non-hydrogen) atoms. The zero-order valence-corrected chi connectivity index (χ0v) is 10.4. The number of ether oxygens (including phenoxy) is 1. The van der Waals surface area contributed by atoms with Gasteiger partial charge < -0.3 is 10.1 Å². The second kappa shape index (κ2) is 8.60. The first-order valence-electron chi connectivity index (χ1n) is 6.14. The molecule has 0 atom stereocenters. The first-order chi connectivity index (χ1) is 8.36. The Bertz CT molecular complexity index is 340. The number of hydrogen-bond acceptors (Lipinski definition) is 3. The third kappa shape index (κ3) is 5.94. The van der Waals surface area contributed by atoms with Crippen LogP contribution in [0.25, 0.3) is 0 Å². The van der Waals surface area contributed by atoms with Gasteiger partial charge in [0.15, 0.2) is 0 Å². The minimum atomic E-state index is 0.473. The van der Waals surface area contributed by atoms with E-state index in [0.717, 1.165) is 37.4 Å². The lowest BCUT2D eigenvalue weighted by Crippen LogP contribution is -2.09. The number of rotatable bonds is 8. The van der Waals surface area contributed by atoms with Gasteiger partial charge in [-0.05, 0) is 24.1 Å². The van der Waals surface area contributed by atoms with Crippen LogP contribution in [0.2, 0.25) is 0 Å². The van der Waals surface area contributed by atoms with Gasteiger partial charge in [0.1, 0.15) is 0 Å². The van der Waals surface area contributed by atoms with Crippen LogP contribution in [0, 0.1) is 11.3 Å². The van der Waals surface area contributed by atoms with Crippen molar-refractivity contribution in [1.29, 1.82) is 5.26 Å². The van der Waals surface area contributed by atoms with Crippen molar-refractivity contribution in [2.45, 2.75) is 26.2 Å². The molecule has 0 aliphatic rings. The molecule has 0 radical (unpaired) electrons. The van der Waals surface area contributed by atoms with E-state index in [-0.39, 0.29) is 0 Å². The summed E-state index contributed by atoms with van der Waals surface area (Å²) in [5.41, 5.74) is 2.13. The zero-order chi connectivity index (χ0) is 12.3. The number of anilines is 1. The molecule has 3 heteroatoms. The molecular weight excluding hydrogens is 212 g/mol. The number of hydrogen-bond donors (Lipinski definition) is 1. The van der Waals surface area contributed by atoms with Gasteiger partial charge in [0.25, 0.3) is 0 Å². The summed E-state index contributed by atoms with van der Waals surface area (Å²) in [5, 5.41) is 11.8. The highest BCUT2D eigenvalue weighted by Crippen LogP contribution is 2.09. The Kier molecular flexibility index (Phi) is 6.85. The number of nitrogens with one attached hydrogen (secondary N) is 1. The molecule has 0 aromatic heterocycles. The smallest absolute Gasteiger partial charge is 0.0669 e. The van der Waals surface area contributed by atoms with E-state index in [9.17, 15) is 0 Å². The van der Waals surface area contributed by atoms with Gasteiger partial charge in [-0.15, -0.1) is 0 Å². The van der Waals surface area contributed by atoms with Gasteiger partial charge in [0, 0.05) is 18.8 Å². The van der Waals surface area contributed by atoms with Crippen LogP contribution in [0.1, 0.15) is 25.3 Å². The SMILES string of the molecule is CCCCOCCNc1ccc(CC#N)cc1. The lowest BCUT2D eigenvalue weighted by molar-refractivity contribution is 0.141. The number of benzene rings is 1. The van der Waals surface area contributed by atoms with E-state index in [4.69, 9.17) is 10.00 Å². The van der Waals surface area contributed by atoms with Crippen LogP contribution in [0.5, 0.6) is 0 Å². The molecule has 0 unspecified atom stereocenters. The average molecular weight is 232 g/mol. The maximum absolute atomic E-state index is 8.55. The van der Waals surface area contributed by atoms with Gasteiger partial charge >= 0.3 is 0 Å². The standard InChI is InChI=1S/C14H20N2O/c1-2-3-11-17-12-10-16-14-6-4-13(5-7-14)8-9-15/h4-7,16H,2-3,8,10-12H2,1H3. The van der Waals surface area contributed by atoms with Gasteiger partial charge in [0.2, 0.25) is 0 Å². The maximum atomic E-state index is 8.55. The third-order valence-electron chi connectivity index (χ3n) is 2.45. The van der Waals surface area contributed by atoms with Gasteiger partial charge in [-0.2, -0.15) is 5.26 Å². The molecule has 0 heterocycles. The van der Waals surface area contributed by atoms with Crippen molar-refractivity contribution < 1.29 is 4.74 Å². The molecule has 1 aromatic carbocycles. The second-order valence-electron chi connectivity index (χ2n) is 3.92. The molecular formula is C14H20N2O. The van der Waals surface area contributed by atoms with Gasteiger partial charge in [-0.3, -0.25) is 0 Å². The fourth-order valence-corrected chi connectivity index (χ4v) is 1.45. The minimum Gasteiger partial charge on any atom is -0.383 e. The molecule has 3 nitrogen and oxygen atoms in total. The molecule has 0 bridgehead atoms. The Morgan fingerprint density at radius 3 is 2.65 bits per heavy atom. The van der Waals surface area contributed by atoms with Crippen molar-refractivity contribution in [2.75, 3.05) is 25.1 Å². The summed E-state index contributed by atoms with van der Waals surface area (Å²) >= 11 is 0. The Hall–Kier alpha value is -1.53. The van der Waals surface area contributed by atoms with Crippen LogP contribution in [0.3, 0.4) is 0 Å². The number of unbranched alkanes of at least 4 members (excludes halogenated alkanes) is 1. The van der Waals surface area contributed by atoms with E-state index in [1.54, 1.807) is 0 Å². The average Bonchev–Trinajstić information content (AvgIpc) is 2.36. The van der Waals surface area contributed by atoms with Gasteiger partial charge in [-0.1, -0.05) is 25.5 Å². The molecule has 0 saturated carbocycles. The molecule has 0 saturated heterocycles. The summed E-state index contributed by atoms with van der Waals surface area (Å²) in [7, 11) is 0. The fourth-order valence-electron chi connectivity index (χ4n) is 1.45. The van der Waals surface area contributed by atoms with Crippen molar-refractivity contribution in [1.82, 2.24) is 0 Å². The number of nitriles is 1. The van der Waals surface area contributed by atoms with Crippen molar-refractivity contribution in [3.8, 4) is 6.07 Å². The van der Waals surface area contributed by atoms with Crippen LogP contribution < -0.4 is 5.32 Å². The van der Waals surface area contributed by atoms with E-state index in [0.29, 0.717) is 6.42 Å². The molecule has 0 aliphatic heterocycles. The number of nitrogens with zero attached hydrogens (tertiary/aromatic N) is 1. The summed E-state index contributed by atoms with van der Waals surface area (Å²) in [5.74, 6) is 0. The Labute approximate surface area is 103 Å². The van der Waals surface area contributed by atoms with E-state index in [2.05, 4.69) is 18.3 Å². The van der Waals surface area contributed by atoms with Crippen molar-refractivity contribution in [3.05, 3.63) is 29.8 Å². The summed E-state index contributed by atoms with van der Waals surface area (Å²) in [4.78, 5) is 0. The molecule has 0 spiro atoms. The van der Waals surface area contributed by atoms with Crippen LogP contribution >= 0.6 is 0 Å². The van der Waals surface area contributed by atoms with E-state index < -0.39 is 0 Å². The first-order valence-corrected chi connectivity index (χ1v) is 6.14. The van der Waals surface area contributed by atoms with Crippen molar-refractivity contribution >= 4 is 5.69 Å². The normalized spacial score (nSPS) is 9.88. The van der Waals surface area contributed by atoms with Crippen molar-refractivity contribution in [2.24, 2.45) is 0 Å². The molecule has 0 fully saturated rings. The largest absolute Gasteiger partial charge is 0.383 e. The highest BCUT2D eigenvalue weighted by molar-refractivity contribution is 5.44. The topological polar surface area (TPSA) is 45.0 Å². The van der Waals surface area contributed by atoms with E-state index in [1.807, 2.05) is 24.3 Å². The van der Waals surface area contributed by atoms with Crippen LogP contribution in [0.4, 0.5) is 5.69 Å². The summed E-state index contributed by atoms with van der Waals surface area (Å²) in [6, 6.07) is 10.1. The monoisotopic (exact) mass is 232 g/mol. The van der Waals surface area contributed by atoms with Crippen LogP contribution in [0.15, 0.2) is 24.3 Å². The van der Waals surface area contributed by atoms with Crippen LogP contribution in [-0.2, 0) is 11.2 Å². The van der Waals surface area contributed by atoms with E-state index in [1.165, 1.54) is 6.42 Å². The highest BCUT2D eigenvalue weighted by atomic mass is 16.5. The minimum absolute atomic E-state index is 0.473. The quantitative estimate of drug-likeness (QED) is 0.701. The summed E-state index contributed by atoms with van der Waals surface area (Å²) in [6.07, 6.45) is 2.77. The predicted molar refractivity (Wildman–Crippen MR) is 70.0 cm³/mol. The molecule has 1 rings (SSSR count). The summed E-state index contributed by atoms with van der Waals surface area (Å²) < 4.78 is 5.45. The second-order valence-corrected chi connectivity index (χ2v) is 3.92. The highest BCUT2D eigenvalue weighted by Gasteiger charge is 1.94. The molecule has 0 amide bonds. The molecule has 1 N–H and O–H groups in total. The van der Waals surface area contributed by atoms with Gasteiger partial charge in [-0.25, -0.2) is 0 Å². The predicted octanol–water partition coefficient (Wildman–Crippen LogP) is 2.98. The molecule has 1 aromatic rings. The summed E-state index contributed by atoms with van der Waals surface area (Å²) in [6.45, 7) is 4.56. The molecule has 0 aliphatic carbocycles. The van der Waals surface area contributed by atoms with Gasteiger partial charge in [0.05, 0.1) is 19.1 Å². The fraction of sp³-hybridized carbons (Fsp3) is 0.500. The first kappa shape index (κ1) is 13.5. The Morgan fingerprint density at radius 2 is 2.00 bits per heavy atom. The maximum Gasteiger partial charge on any atom is 0.0669 e. The lowest BCUT2D eigenvalue weighted by Gasteiger charge is -2.07. The molecule has 92 valence electrons. The van der Waals surface area contributed by atoms with E-state index >= 15 is 0 Å². The van der Waals surface area contributed by atoms with Crippen LogP contribution in [-0.4, -0.2) is 19.8 Å². The van der Waals surface area contributed by atoms with Crippen molar-refractivity contribution in [3.63, 3.8) is 0 Å². The Morgan fingerprint density at radius 1 is 1.24 bits per heavy atom. The zero-order valence-electron chi connectivity index (χ0n) is 10.4. The Balaban J connectivity index is 2.17. The third-order valence-corrected chi connectivity index (χ3v) is 2.45. The lowest BCUT2D eigenvalue weighted by atomic mass is 10.1.